The Labute approximate surface area is 106 Å². The molecule has 1 aliphatic carbocycles. The maximum Gasteiger partial charge on any atom is 0.256 e. The van der Waals surface area contributed by atoms with Gasteiger partial charge in [0.05, 0.1) is 0 Å². The summed E-state index contributed by atoms with van der Waals surface area (Å²) in [5, 5.41) is 6.03. The molecule has 1 aliphatic heterocycles. The molecule has 0 spiro atoms. The van der Waals surface area contributed by atoms with Crippen LogP contribution in [0.15, 0.2) is 23.2 Å². The third-order valence-corrected chi connectivity index (χ3v) is 3.51. The van der Waals surface area contributed by atoms with Gasteiger partial charge in [0.15, 0.2) is 12.0 Å². The van der Waals surface area contributed by atoms with E-state index in [0.29, 0.717) is 12.0 Å². The summed E-state index contributed by atoms with van der Waals surface area (Å²) in [6, 6.07) is 6.17. The molecule has 1 saturated carbocycles. The molecular weight excluding hydrogens is 226 g/mol. The average Bonchev–Trinajstić information content (AvgIpc) is 3.06. The lowest BCUT2D eigenvalue weighted by Gasteiger charge is -2.07. The number of aryl methyl sites for hydroxylation is 2. The lowest BCUT2D eigenvalue weighted by Crippen LogP contribution is -2.37. The second-order valence-electron chi connectivity index (χ2n) is 5.13. The van der Waals surface area contributed by atoms with Gasteiger partial charge in [0.2, 0.25) is 0 Å². The molecule has 1 aromatic rings. The van der Waals surface area contributed by atoms with Crippen LogP contribution in [0, 0.1) is 13.8 Å². The number of hydrogen-bond acceptors (Lipinski definition) is 3. The quantitative estimate of drug-likeness (QED) is 0.828. The van der Waals surface area contributed by atoms with E-state index in [0.717, 1.165) is 5.56 Å². The Hall–Kier alpha value is -1.84. The van der Waals surface area contributed by atoms with Gasteiger partial charge in [-0.1, -0.05) is 18.2 Å². The van der Waals surface area contributed by atoms with E-state index in [2.05, 4.69) is 29.5 Å². The molecule has 3 rings (SSSR count). The zero-order chi connectivity index (χ0) is 12.7. The highest BCUT2D eigenvalue weighted by Gasteiger charge is 2.31. The van der Waals surface area contributed by atoms with Gasteiger partial charge in [0, 0.05) is 6.04 Å². The molecule has 1 aromatic carbocycles. The van der Waals surface area contributed by atoms with Gasteiger partial charge < -0.3 is 5.32 Å². The van der Waals surface area contributed by atoms with Gasteiger partial charge in [0.25, 0.3) is 5.91 Å². The first kappa shape index (κ1) is 11.3. The van der Waals surface area contributed by atoms with Crippen LogP contribution in [0.3, 0.4) is 0 Å². The largest absolute Gasteiger partial charge is 0.353 e. The van der Waals surface area contributed by atoms with E-state index < -0.39 is 6.04 Å². The molecule has 1 atom stereocenters. The minimum atomic E-state index is -0.398. The molecule has 18 heavy (non-hydrogen) atoms. The highest BCUT2D eigenvalue weighted by Crippen LogP contribution is 2.24. The second kappa shape index (κ2) is 4.12. The fourth-order valence-corrected chi connectivity index (χ4v) is 2.06. The minimum Gasteiger partial charge on any atom is -0.353 e. The average molecular weight is 243 g/mol. The monoisotopic (exact) mass is 243 g/mol. The van der Waals surface area contributed by atoms with Crippen LogP contribution in [0.25, 0.3) is 0 Å². The minimum absolute atomic E-state index is 0.0404. The Bertz CT molecular complexity index is 532. The third-order valence-electron chi connectivity index (χ3n) is 3.51. The van der Waals surface area contributed by atoms with E-state index in [1.807, 2.05) is 18.2 Å². The van der Waals surface area contributed by atoms with Crippen LogP contribution in [0.2, 0.25) is 0 Å². The molecule has 0 aromatic heterocycles. The number of nitrogens with zero attached hydrogens (tertiary/aromatic N) is 1. The molecule has 0 radical (unpaired) electrons. The predicted octanol–water partition coefficient (Wildman–Crippen LogP) is 1.58. The van der Waals surface area contributed by atoms with Crippen molar-refractivity contribution >= 4 is 11.9 Å². The van der Waals surface area contributed by atoms with Crippen molar-refractivity contribution in [2.45, 2.75) is 38.8 Å². The third kappa shape index (κ3) is 2.10. The topological polar surface area (TPSA) is 53.5 Å². The summed E-state index contributed by atoms with van der Waals surface area (Å²) in [5.41, 5.74) is 3.39. The second-order valence-corrected chi connectivity index (χ2v) is 5.13. The number of benzene rings is 1. The molecule has 2 N–H and O–H groups in total. The van der Waals surface area contributed by atoms with Crippen LogP contribution in [0.4, 0.5) is 0 Å². The first-order chi connectivity index (χ1) is 8.63. The van der Waals surface area contributed by atoms with Gasteiger partial charge in [0.1, 0.15) is 0 Å². The number of carbonyl (C=O) groups is 1. The van der Waals surface area contributed by atoms with Crippen LogP contribution in [-0.4, -0.2) is 17.9 Å². The number of hydrogen-bond donors (Lipinski definition) is 2. The smallest absolute Gasteiger partial charge is 0.256 e. The zero-order valence-corrected chi connectivity index (χ0v) is 10.7. The van der Waals surface area contributed by atoms with E-state index in [1.165, 1.54) is 24.0 Å². The normalized spacial score (nSPS) is 22.7. The highest BCUT2D eigenvalue weighted by molar-refractivity contribution is 6.05. The van der Waals surface area contributed by atoms with Gasteiger partial charge in [-0.2, -0.15) is 0 Å². The molecule has 4 heteroatoms. The van der Waals surface area contributed by atoms with Crippen LogP contribution in [0.1, 0.15) is 35.6 Å². The molecule has 0 saturated heterocycles. The number of guanidine groups is 1. The number of carbonyl (C=O) groups excluding carboxylic acids is 1. The number of amides is 1. The van der Waals surface area contributed by atoms with Crippen molar-refractivity contribution in [2.75, 3.05) is 0 Å². The Morgan fingerprint density at radius 3 is 2.72 bits per heavy atom. The lowest BCUT2D eigenvalue weighted by molar-refractivity contribution is -0.120. The summed E-state index contributed by atoms with van der Waals surface area (Å²) < 4.78 is 0. The molecule has 2 aliphatic rings. The summed E-state index contributed by atoms with van der Waals surface area (Å²) in [6.07, 6.45) is 2.34. The molecule has 4 nitrogen and oxygen atoms in total. The van der Waals surface area contributed by atoms with E-state index in [9.17, 15) is 4.79 Å². The molecular formula is C14H17N3O. The van der Waals surface area contributed by atoms with Crippen molar-refractivity contribution in [3.8, 4) is 0 Å². The molecule has 1 amide bonds. The standard InChI is InChI=1S/C14H17N3O/c1-8-3-4-10(7-9(8)2)12-13(18)17-14(16-12)15-11-5-6-11/h3-4,7,11-12H,5-6H2,1-2H3,(H2,15,16,17,18). The van der Waals surface area contributed by atoms with Crippen molar-refractivity contribution in [1.29, 1.82) is 0 Å². The molecule has 94 valence electrons. The summed E-state index contributed by atoms with van der Waals surface area (Å²) in [5.74, 6) is 0.590. The Morgan fingerprint density at radius 1 is 1.28 bits per heavy atom. The first-order valence-electron chi connectivity index (χ1n) is 6.36. The van der Waals surface area contributed by atoms with Gasteiger partial charge in [-0.15, -0.1) is 0 Å². The van der Waals surface area contributed by atoms with Gasteiger partial charge in [-0.3, -0.25) is 10.1 Å². The number of nitrogens with one attached hydrogen (secondary N) is 2. The molecule has 0 bridgehead atoms. The molecule has 1 fully saturated rings. The maximum atomic E-state index is 11.9. The fourth-order valence-electron chi connectivity index (χ4n) is 2.06. The fraction of sp³-hybridized carbons (Fsp3) is 0.429. The van der Waals surface area contributed by atoms with Crippen LogP contribution >= 0.6 is 0 Å². The van der Waals surface area contributed by atoms with E-state index in [-0.39, 0.29) is 5.91 Å². The number of aliphatic imine (C=N–C) groups is 1. The van der Waals surface area contributed by atoms with Crippen molar-refractivity contribution in [2.24, 2.45) is 4.99 Å². The Kier molecular flexibility index (Phi) is 2.58. The lowest BCUT2D eigenvalue weighted by atomic mass is 10.0. The number of rotatable bonds is 2. The van der Waals surface area contributed by atoms with Crippen LogP contribution in [-0.2, 0) is 4.79 Å². The van der Waals surface area contributed by atoms with Crippen molar-refractivity contribution in [3.05, 3.63) is 34.9 Å². The van der Waals surface area contributed by atoms with Crippen molar-refractivity contribution in [1.82, 2.24) is 10.6 Å². The maximum absolute atomic E-state index is 11.9. The van der Waals surface area contributed by atoms with Gasteiger partial charge >= 0.3 is 0 Å². The predicted molar refractivity (Wildman–Crippen MR) is 70.4 cm³/mol. The highest BCUT2D eigenvalue weighted by atomic mass is 16.2. The van der Waals surface area contributed by atoms with E-state index in [1.54, 1.807) is 0 Å². The van der Waals surface area contributed by atoms with Gasteiger partial charge in [-0.05, 0) is 43.4 Å². The first-order valence-corrected chi connectivity index (χ1v) is 6.36. The summed E-state index contributed by atoms with van der Waals surface area (Å²) in [4.78, 5) is 16.4. The Balaban J connectivity index is 1.83. The van der Waals surface area contributed by atoms with Crippen molar-refractivity contribution < 1.29 is 4.79 Å². The van der Waals surface area contributed by atoms with E-state index in [4.69, 9.17) is 0 Å². The Morgan fingerprint density at radius 2 is 2.06 bits per heavy atom. The van der Waals surface area contributed by atoms with E-state index >= 15 is 0 Å². The SMILES string of the molecule is Cc1ccc(C2N=C(NC3CC3)NC2=O)cc1C. The van der Waals surface area contributed by atoms with Crippen LogP contribution < -0.4 is 10.6 Å². The van der Waals surface area contributed by atoms with Crippen LogP contribution in [0.5, 0.6) is 0 Å². The van der Waals surface area contributed by atoms with Gasteiger partial charge in [-0.25, -0.2) is 4.99 Å². The molecule has 1 unspecified atom stereocenters. The zero-order valence-electron chi connectivity index (χ0n) is 10.7. The summed E-state index contributed by atoms with van der Waals surface area (Å²) in [6.45, 7) is 4.12. The molecule has 1 heterocycles. The summed E-state index contributed by atoms with van der Waals surface area (Å²) in [7, 11) is 0. The van der Waals surface area contributed by atoms with Crippen molar-refractivity contribution in [3.63, 3.8) is 0 Å². The summed E-state index contributed by atoms with van der Waals surface area (Å²) >= 11 is 0.